The molecular weight excluding hydrogens is 723 g/mol. The lowest BCUT2D eigenvalue weighted by Gasteiger charge is -2.36. The van der Waals surface area contributed by atoms with E-state index in [1.54, 1.807) is 0 Å². The highest BCUT2D eigenvalue weighted by Crippen LogP contribution is 2.57. The zero-order valence-corrected chi connectivity index (χ0v) is 35.7. The van der Waals surface area contributed by atoms with Crippen molar-refractivity contribution in [3.05, 3.63) is 245 Å². The molecule has 0 spiro atoms. The lowest BCUT2D eigenvalue weighted by atomic mass is 9.65. The quantitative estimate of drug-likeness (QED) is 0.134. The van der Waals surface area contributed by atoms with Crippen LogP contribution in [0.3, 0.4) is 0 Å². The molecule has 1 atom stereocenters. The Morgan fingerprint density at radius 3 is 1.55 bits per heavy atom. The molecule has 1 heteroatoms. The van der Waals surface area contributed by atoms with Crippen molar-refractivity contribution >= 4 is 28.2 Å². The van der Waals surface area contributed by atoms with Gasteiger partial charge in [0.05, 0.1) is 5.41 Å². The molecule has 0 heterocycles. The van der Waals surface area contributed by atoms with Crippen molar-refractivity contribution in [1.82, 2.24) is 0 Å². The van der Waals surface area contributed by atoms with Gasteiger partial charge in [-0.05, 0) is 136 Å². The van der Waals surface area contributed by atoms with Crippen LogP contribution in [0.1, 0.15) is 81.3 Å². The third-order valence-corrected chi connectivity index (χ3v) is 13.2. The fraction of sp³-hybridized carbons (Fsp3) is 0.153. The van der Waals surface area contributed by atoms with Crippen LogP contribution in [-0.4, -0.2) is 0 Å². The lowest BCUT2D eigenvalue weighted by molar-refractivity contribution is 0.635. The molecule has 0 amide bonds. The van der Waals surface area contributed by atoms with E-state index in [4.69, 9.17) is 0 Å². The van der Waals surface area contributed by atoms with Crippen molar-refractivity contribution in [3.63, 3.8) is 0 Å². The molecule has 7 aromatic carbocycles. The summed E-state index contributed by atoms with van der Waals surface area (Å²) in [6, 6.07) is 65.1. The van der Waals surface area contributed by atoms with E-state index in [0.717, 1.165) is 23.5 Å². The Morgan fingerprint density at radius 2 is 1.00 bits per heavy atom. The zero-order valence-electron chi connectivity index (χ0n) is 35.7. The highest BCUT2D eigenvalue weighted by Gasteiger charge is 2.47. The summed E-state index contributed by atoms with van der Waals surface area (Å²) < 4.78 is 0. The summed E-state index contributed by atoms with van der Waals surface area (Å²) in [7, 11) is 0. The molecule has 294 valence electrons. The maximum Gasteiger partial charge on any atom is 0.0710 e. The fourth-order valence-electron chi connectivity index (χ4n) is 9.81. The monoisotopic (exact) mass is 775 g/mol. The molecule has 2 aliphatic carbocycles. The van der Waals surface area contributed by atoms with Crippen molar-refractivity contribution < 1.29 is 0 Å². The molecule has 0 saturated carbocycles. The van der Waals surface area contributed by atoms with Crippen LogP contribution in [0.4, 0.5) is 17.1 Å². The summed E-state index contributed by atoms with van der Waals surface area (Å²) in [5, 5.41) is 0. The summed E-state index contributed by atoms with van der Waals surface area (Å²) in [5.74, 6) is 0. The van der Waals surface area contributed by atoms with Crippen molar-refractivity contribution in [2.45, 2.75) is 58.8 Å². The number of anilines is 3. The van der Waals surface area contributed by atoms with Gasteiger partial charge in [0.25, 0.3) is 0 Å². The molecule has 0 fully saturated rings. The summed E-state index contributed by atoms with van der Waals surface area (Å²) in [4.78, 5) is 2.39. The van der Waals surface area contributed by atoms with Gasteiger partial charge in [0.1, 0.15) is 0 Å². The first kappa shape index (κ1) is 38.8. The van der Waals surface area contributed by atoms with E-state index in [1.807, 2.05) is 0 Å². The molecule has 1 nitrogen and oxygen atoms in total. The van der Waals surface area contributed by atoms with E-state index in [9.17, 15) is 0 Å². The predicted octanol–water partition coefficient (Wildman–Crippen LogP) is 16.2. The molecule has 0 aromatic heterocycles. The van der Waals surface area contributed by atoms with Gasteiger partial charge in [-0.1, -0.05) is 190 Å². The second-order valence-electron chi connectivity index (χ2n) is 16.8. The minimum atomic E-state index is -0.507. The van der Waals surface area contributed by atoms with E-state index in [2.05, 4.69) is 247 Å². The van der Waals surface area contributed by atoms with Gasteiger partial charge in [-0.3, -0.25) is 0 Å². The fourth-order valence-corrected chi connectivity index (χ4v) is 9.81. The topological polar surface area (TPSA) is 3.24 Å². The Kier molecular flexibility index (Phi) is 10.2. The van der Waals surface area contributed by atoms with Gasteiger partial charge in [-0.15, -0.1) is 0 Å². The zero-order chi connectivity index (χ0) is 41.4. The second kappa shape index (κ2) is 15.8. The summed E-state index contributed by atoms with van der Waals surface area (Å²) in [5.41, 5.74) is 21.0. The molecule has 7 aromatic rings. The minimum Gasteiger partial charge on any atom is -0.311 e. The Labute approximate surface area is 357 Å². The number of fused-ring (bicyclic) bond motifs is 2. The standard InChI is InChI=1S/C59H53N/c1-7-9-24-55-41(3)52-23-16-17-25-56(52)59(55,48-32-39-54-53(18-8-2)42(4)58(5,6)57(54)40-48)47-30-37-51(38-31-47)60(49-33-26-45(27-34-49)43-19-12-10-13-20-43)50-35-28-46(29-36-50)44-21-14-11-15-22-44/h8-40H,7H2,1-6H3/b18-8-,24-9-. The third kappa shape index (κ3) is 6.41. The number of nitrogens with zero attached hydrogens (tertiary/aromatic N) is 1. The largest absolute Gasteiger partial charge is 0.311 e. The Hall–Kier alpha value is -6.70. The Morgan fingerprint density at radius 1 is 0.500 bits per heavy atom. The molecule has 0 aliphatic heterocycles. The summed E-state index contributed by atoms with van der Waals surface area (Å²) >= 11 is 0. The van der Waals surface area contributed by atoms with Crippen LogP contribution in [0.5, 0.6) is 0 Å². The van der Waals surface area contributed by atoms with Crippen LogP contribution in [0.25, 0.3) is 33.4 Å². The van der Waals surface area contributed by atoms with Gasteiger partial charge in [-0.2, -0.15) is 0 Å². The maximum absolute atomic E-state index is 2.54. The number of hydrogen-bond donors (Lipinski definition) is 0. The van der Waals surface area contributed by atoms with Crippen LogP contribution in [0, 0.1) is 0 Å². The number of allylic oxidation sites excluding steroid dienone is 8. The van der Waals surface area contributed by atoms with E-state index in [-0.39, 0.29) is 5.41 Å². The van der Waals surface area contributed by atoms with Crippen LogP contribution < -0.4 is 4.90 Å². The molecule has 0 saturated heterocycles. The molecule has 1 unspecified atom stereocenters. The van der Waals surface area contributed by atoms with Gasteiger partial charge in [0, 0.05) is 22.5 Å². The normalized spacial score (nSPS) is 16.8. The third-order valence-electron chi connectivity index (χ3n) is 13.2. The number of benzene rings is 7. The Balaban J connectivity index is 1.22. The van der Waals surface area contributed by atoms with Gasteiger partial charge in [0.2, 0.25) is 0 Å². The summed E-state index contributed by atoms with van der Waals surface area (Å²) in [6.07, 6.45) is 10.2. The smallest absolute Gasteiger partial charge is 0.0710 e. The van der Waals surface area contributed by atoms with E-state index < -0.39 is 5.41 Å². The molecule has 60 heavy (non-hydrogen) atoms. The van der Waals surface area contributed by atoms with Gasteiger partial charge < -0.3 is 4.90 Å². The van der Waals surface area contributed by atoms with Crippen LogP contribution in [0.15, 0.2) is 211 Å². The van der Waals surface area contributed by atoms with E-state index in [1.165, 1.54) is 77.9 Å². The van der Waals surface area contributed by atoms with E-state index >= 15 is 0 Å². The Bertz CT molecular complexity index is 2710. The first-order valence-electron chi connectivity index (χ1n) is 21.5. The maximum atomic E-state index is 2.54. The van der Waals surface area contributed by atoms with Crippen molar-refractivity contribution in [3.8, 4) is 22.3 Å². The van der Waals surface area contributed by atoms with E-state index in [0.29, 0.717) is 0 Å². The molecule has 2 aliphatic rings. The number of hydrogen-bond acceptors (Lipinski definition) is 1. The SMILES string of the molecule is C/C=C\C1=C(C)C(C)(C)c2cc(C3(c4ccc(N(c5ccc(-c6ccccc6)cc5)c5ccc(-c6ccccc6)cc5)cc4)C(/C=C\CC)=C(C)c4ccccc43)ccc21. The van der Waals surface area contributed by atoms with Gasteiger partial charge >= 0.3 is 0 Å². The molecular formula is C59H53N. The average molecular weight is 776 g/mol. The van der Waals surface area contributed by atoms with Crippen molar-refractivity contribution in [2.24, 2.45) is 0 Å². The number of rotatable bonds is 10. The lowest BCUT2D eigenvalue weighted by Crippen LogP contribution is -2.30. The van der Waals surface area contributed by atoms with Crippen LogP contribution in [-0.2, 0) is 10.8 Å². The highest BCUT2D eigenvalue weighted by molar-refractivity contribution is 5.90. The van der Waals surface area contributed by atoms with Crippen molar-refractivity contribution in [1.29, 1.82) is 0 Å². The van der Waals surface area contributed by atoms with Gasteiger partial charge in [-0.25, -0.2) is 0 Å². The van der Waals surface area contributed by atoms with Crippen molar-refractivity contribution in [2.75, 3.05) is 4.90 Å². The molecule has 0 bridgehead atoms. The second-order valence-corrected chi connectivity index (χ2v) is 16.8. The molecule has 0 radical (unpaired) electrons. The van der Waals surface area contributed by atoms with Crippen LogP contribution >= 0.6 is 0 Å². The predicted molar refractivity (Wildman–Crippen MR) is 257 cm³/mol. The van der Waals surface area contributed by atoms with Crippen LogP contribution in [0.2, 0.25) is 0 Å². The minimum absolute atomic E-state index is 0.0891. The summed E-state index contributed by atoms with van der Waals surface area (Å²) in [6.45, 7) is 13.7. The van der Waals surface area contributed by atoms with Gasteiger partial charge in [0.15, 0.2) is 0 Å². The molecule has 0 N–H and O–H groups in total. The highest BCUT2D eigenvalue weighted by atomic mass is 15.1. The first-order chi connectivity index (χ1) is 29.3. The average Bonchev–Trinajstić information content (AvgIpc) is 3.66. The first-order valence-corrected chi connectivity index (χ1v) is 21.5. The molecule has 9 rings (SSSR count).